The summed E-state index contributed by atoms with van der Waals surface area (Å²) >= 11 is 0. The second-order valence-corrected chi connectivity index (χ2v) is 6.23. The summed E-state index contributed by atoms with van der Waals surface area (Å²) in [6.07, 6.45) is 14.5. The van der Waals surface area contributed by atoms with Crippen molar-refractivity contribution >= 4 is 5.91 Å². The molecule has 0 aromatic carbocycles. The molecule has 0 aromatic rings. The topological polar surface area (TPSA) is 46.3 Å². The molecule has 3 heteroatoms. The van der Waals surface area contributed by atoms with Crippen LogP contribution < -0.4 is 5.73 Å². The molecule has 19 heavy (non-hydrogen) atoms. The van der Waals surface area contributed by atoms with E-state index in [9.17, 15) is 4.79 Å². The molecule has 0 atom stereocenters. The first-order valence-electron chi connectivity index (χ1n) is 7.65. The number of hydrogen-bond acceptors (Lipinski definition) is 2. The minimum atomic E-state index is -0.331. The summed E-state index contributed by atoms with van der Waals surface area (Å²) in [5, 5.41) is 0. The molecule has 0 aliphatic heterocycles. The van der Waals surface area contributed by atoms with Gasteiger partial charge in [0.1, 0.15) is 0 Å². The van der Waals surface area contributed by atoms with Gasteiger partial charge in [-0.1, -0.05) is 31.6 Å². The lowest BCUT2D eigenvalue weighted by molar-refractivity contribution is -0.142. The van der Waals surface area contributed by atoms with Crippen LogP contribution in [-0.2, 0) is 4.79 Å². The summed E-state index contributed by atoms with van der Waals surface area (Å²) in [6.45, 7) is 1.75. The fourth-order valence-electron chi connectivity index (χ4n) is 3.19. The number of terminal acetylenes is 1. The van der Waals surface area contributed by atoms with Crippen molar-refractivity contribution in [2.24, 2.45) is 17.1 Å². The molecule has 0 bridgehead atoms. The Morgan fingerprint density at radius 3 is 2.37 bits per heavy atom. The van der Waals surface area contributed by atoms with Gasteiger partial charge in [0.05, 0.1) is 12.0 Å². The summed E-state index contributed by atoms with van der Waals surface area (Å²) in [4.78, 5) is 14.8. The largest absolute Gasteiger partial charge is 0.331 e. The van der Waals surface area contributed by atoms with Gasteiger partial charge in [0.2, 0.25) is 5.91 Å². The highest BCUT2D eigenvalue weighted by Crippen LogP contribution is 2.37. The Bertz CT molecular complexity index is 346. The van der Waals surface area contributed by atoms with Crippen molar-refractivity contribution in [2.75, 3.05) is 19.6 Å². The van der Waals surface area contributed by atoms with E-state index in [1.165, 1.54) is 25.7 Å². The summed E-state index contributed by atoms with van der Waals surface area (Å²) < 4.78 is 0. The van der Waals surface area contributed by atoms with Crippen LogP contribution in [0.5, 0.6) is 0 Å². The second-order valence-electron chi connectivity index (χ2n) is 6.23. The van der Waals surface area contributed by atoms with Crippen molar-refractivity contribution in [3.05, 3.63) is 0 Å². The molecule has 1 amide bonds. The number of nitrogens with two attached hydrogens (primary N) is 1. The van der Waals surface area contributed by atoms with Gasteiger partial charge in [-0.2, -0.15) is 0 Å². The van der Waals surface area contributed by atoms with Gasteiger partial charge >= 0.3 is 0 Å². The number of nitrogens with zero attached hydrogens (tertiary/aromatic N) is 1. The van der Waals surface area contributed by atoms with Crippen LogP contribution in [0.15, 0.2) is 0 Å². The quantitative estimate of drug-likeness (QED) is 0.609. The van der Waals surface area contributed by atoms with Gasteiger partial charge in [0, 0.05) is 13.1 Å². The van der Waals surface area contributed by atoms with Gasteiger partial charge in [-0.05, 0) is 31.6 Å². The zero-order valence-electron chi connectivity index (χ0n) is 11.9. The van der Waals surface area contributed by atoms with E-state index in [1.807, 2.05) is 4.90 Å². The van der Waals surface area contributed by atoms with Crippen LogP contribution in [0, 0.1) is 23.7 Å². The van der Waals surface area contributed by atoms with E-state index >= 15 is 0 Å². The van der Waals surface area contributed by atoms with E-state index in [-0.39, 0.29) is 11.3 Å². The molecular formula is C16H26N2O. The molecule has 106 valence electrons. The highest BCUT2D eigenvalue weighted by atomic mass is 16.2. The summed E-state index contributed by atoms with van der Waals surface area (Å²) in [6, 6.07) is 0. The first-order chi connectivity index (χ1) is 9.22. The first kappa shape index (κ1) is 14.4. The number of amides is 1. The highest BCUT2D eigenvalue weighted by molar-refractivity contribution is 5.83. The van der Waals surface area contributed by atoms with Gasteiger partial charge in [-0.15, -0.1) is 6.42 Å². The predicted octanol–water partition coefficient (Wildman–Crippen LogP) is 2.16. The highest BCUT2D eigenvalue weighted by Gasteiger charge is 2.41. The number of carbonyl (C=O) groups is 1. The third-order valence-electron chi connectivity index (χ3n) is 4.65. The van der Waals surface area contributed by atoms with Gasteiger partial charge in [-0.3, -0.25) is 4.79 Å². The van der Waals surface area contributed by atoms with Gasteiger partial charge in [0.25, 0.3) is 0 Å². The molecule has 2 N–H and O–H groups in total. The van der Waals surface area contributed by atoms with Gasteiger partial charge < -0.3 is 10.6 Å². The molecule has 2 rings (SSSR count). The van der Waals surface area contributed by atoms with E-state index < -0.39 is 0 Å². The van der Waals surface area contributed by atoms with Crippen molar-refractivity contribution in [1.82, 2.24) is 4.90 Å². The summed E-state index contributed by atoms with van der Waals surface area (Å²) in [7, 11) is 0. The minimum absolute atomic E-state index is 0.224. The van der Waals surface area contributed by atoms with E-state index in [4.69, 9.17) is 12.2 Å². The Morgan fingerprint density at radius 2 is 1.89 bits per heavy atom. The lowest BCUT2D eigenvalue weighted by Gasteiger charge is -2.35. The zero-order valence-corrected chi connectivity index (χ0v) is 11.9. The van der Waals surface area contributed by atoms with Crippen LogP contribution in [-0.4, -0.2) is 30.4 Å². The first-order valence-corrected chi connectivity index (χ1v) is 7.65. The Labute approximate surface area is 116 Å². The van der Waals surface area contributed by atoms with E-state index in [0.29, 0.717) is 19.0 Å². The maximum Gasteiger partial charge on any atom is 0.230 e. The van der Waals surface area contributed by atoms with E-state index in [0.717, 1.165) is 32.2 Å². The Hall–Kier alpha value is -1.01. The van der Waals surface area contributed by atoms with Crippen LogP contribution in [0.25, 0.3) is 0 Å². The maximum absolute atomic E-state index is 12.9. The molecule has 0 heterocycles. The SMILES string of the molecule is C#CCN(CC1CC1)C(=O)C1(CN)CCCCCC1. The van der Waals surface area contributed by atoms with Crippen LogP contribution in [0.1, 0.15) is 51.4 Å². The zero-order chi connectivity index (χ0) is 13.7. The van der Waals surface area contributed by atoms with Crippen molar-refractivity contribution in [3.8, 4) is 12.3 Å². The lowest BCUT2D eigenvalue weighted by atomic mass is 9.79. The Kier molecular flexibility index (Phi) is 4.87. The molecule has 0 aromatic heterocycles. The van der Waals surface area contributed by atoms with E-state index in [2.05, 4.69) is 5.92 Å². The maximum atomic E-state index is 12.9. The molecule has 0 saturated heterocycles. The molecule has 2 saturated carbocycles. The average Bonchev–Trinajstić information content (AvgIpc) is 3.24. The molecule has 2 aliphatic carbocycles. The molecule has 2 fully saturated rings. The normalized spacial score (nSPS) is 22.3. The molecule has 2 aliphatic rings. The molecular weight excluding hydrogens is 236 g/mol. The van der Waals surface area contributed by atoms with Crippen molar-refractivity contribution in [1.29, 1.82) is 0 Å². The fourth-order valence-corrected chi connectivity index (χ4v) is 3.19. The Morgan fingerprint density at radius 1 is 1.26 bits per heavy atom. The van der Waals surface area contributed by atoms with Crippen molar-refractivity contribution < 1.29 is 4.79 Å². The molecule has 3 nitrogen and oxygen atoms in total. The third kappa shape index (κ3) is 3.51. The number of carbonyl (C=O) groups excluding carboxylic acids is 1. The number of rotatable bonds is 5. The smallest absolute Gasteiger partial charge is 0.230 e. The summed E-state index contributed by atoms with van der Waals surface area (Å²) in [5.74, 6) is 3.54. The number of hydrogen-bond donors (Lipinski definition) is 1. The van der Waals surface area contributed by atoms with Gasteiger partial charge in [0.15, 0.2) is 0 Å². The summed E-state index contributed by atoms with van der Waals surface area (Å²) in [5.41, 5.74) is 5.66. The minimum Gasteiger partial charge on any atom is -0.331 e. The molecule has 0 radical (unpaired) electrons. The van der Waals surface area contributed by atoms with Gasteiger partial charge in [-0.25, -0.2) is 0 Å². The van der Waals surface area contributed by atoms with E-state index in [1.54, 1.807) is 0 Å². The van der Waals surface area contributed by atoms with Crippen LogP contribution in [0.4, 0.5) is 0 Å². The average molecular weight is 262 g/mol. The molecule has 0 unspecified atom stereocenters. The predicted molar refractivity (Wildman–Crippen MR) is 77.3 cm³/mol. The fraction of sp³-hybridized carbons (Fsp3) is 0.812. The van der Waals surface area contributed by atoms with Crippen LogP contribution in [0.3, 0.4) is 0 Å². The van der Waals surface area contributed by atoms with Crippen molar-refractivity contribution in [3.63, 3.8) is 0 Å². The second kappa shape index (κ2) is 6.43. The van der Waals surface area contributed by atoms with Crippen molar-refractivity contribution in [2.45, 2.75) is 51.4 Å². The standard InChI is InChI=1S/C16H26N2O/c1-2-11-18(12-14-7-8-14)15(19)16(13-17)9-5-3-4-6-10-16/h1,14H,3-13,17H2. The third-order valence-corrected chi connectivity index (χ3v) is 4.65. The lowest BCUT2D eigenvalue weighted by Crippen LogP contribution is -2.48. The van der Waals surface area contributed by atoms with Crippen LogP contribution in [0.2, 0.25) is 0 Å². The van der Waals surface area contributed by atoms with Crippen LogP contribution >= 0.6 is 0 Å². The monoisotopic (exact) mass is 262 g/mol. The molecule has 0 spiro atoms. The Balaban J connectivity index is 2.09.